The lowest BCUT2D eigenvalue weighted by atomic mass is 10.0. The van der Waals surface area contributed by atoms with E-state index in [1.54, 1.807) is 14.2 Å². The third-order valence-corrected chi connectivity index (χ3v) is 5.82. The maximum absolute atomic E-state index is 12.5. The van der Waals surface area contributed by atoms with Crippen molar-refractivity contribution in [2.24, 2.45) is 0 Å². The molecule has 1 unspecified atom stereocenters. The normalized spacial score (nSPS) is 20.2. The predicted octanol–water partition coefficient (Wildman–Crippen LogP) is 2.42. The van der Waals surface area contributed by atoms with Gasteiger partial charge in [-0.2, -0.15) is 0 Å². The minimum absolute atomic E-state index is 0.0663. The Morgan fingerprint density at radius 2 is 2.00 bits per heavy atom. The first-order chi connectivity index (χ1) is 13.6. The van der Waals surface area contributed by atoms with Crippen molar-refractivity contribution in [3.05, 3.63) is 64.2 Å². The number of aromatic nitrogens is 2. The van der Waals surface area contributed by atoms with E-state index in [4.69, 9.17) is 14.5 Å². The first-order valence-corrected chi connectivity index (χ1v) is 9.69. The van der Waals surface area contributed by atoms with E-state index in [2.05, 4.69) is 18.0 Å². The minimum atomic E-state index is -0.0791. The van der Waals surface area contributed by atoms with Gasteiger partial charge in [0.15, 0.2) is 5.82 Å². The molecule has 0 aliphatic carbocycles. The number of H-pyrrole nitrogens is 1. The van der Waals surface area contributed by atoms with Crippen molar-refractivity contribution in [2.45, 2.75) is 31.8 Å². The highest BCUT2D eigenvalue weighted by Crippen LogP contribution is 2.32. The summed E-state index contributed by atoms with van der Waals surface area (Å²) in [6.07, 6.45) is 2.19. The summed E-state index contributed by atoms with van der Waals surface area (Å²) < 4.78 is 11.0. The molecule has 1 aromatic heterocycles. The van der Waals surface area contributed by atoms with Gasteiger partial charge in [0.25, 0.3) is 5.56 Å². The average Bonchev–Trinajstić information content (AvgIpc) is 3.22. The summed E-state index contributed by atoms with van der Waals surface area (Å²) in [5.41, 5.74) is 1.83. The van der Waals surface area contributed by atoms with Crippen molar-refractivity contribution in [1.29, 1.82) is 0 Å². The van der Waals surface area contributed by atoms with Crippen molar-refractivity contribution in [1.82, 2.24) is 9.97 Å². The molecule has 1 saturated heterocycles. The van der Waals surface area contributed by atoms with Gasteiger partial charge in [-0.15, -0.1) is 0 Å². The van der Waals surface area contributed by atoms with Crippen LogP contribution in [0.3, 0.4) is 0 Å². The smallest absolute Gasteiger partial charge is 0.258 e. The van der Waals surface area contributed by atoms with E-state index >= 15 is 0 Å². The second kappa shape index (κ2) is 7.64. The first-order valence-electron chi connectivity index (χ1n) is 9.69. The lowest BCUT2D eigenvalue weighted by molar-refractivity contribution is -0.948. The molecule has 146 valence electrons. The molecule has 6 heteroatoms. The third-order valence-electron chi connectivity index (χ3n) is 5.82. The molecule has 2 N–H and O–H groups in total. The summed E-state index contributed by atoms with van der Waals surface area (Å²) in [5, 5.41) is 0.628. The van der Waals surface area contributed by atoms with Crippen LogP contribution in [-0.4, -0.2) is 30.7 Å². The number of hydrogen-bond donors (Lipinski definition) is 2. The predicted molar refractivity (Wildman–Crippen MR) is 108 cm³/mol. The Hall–Kier alpha value is -2.86. The number of para-hydroxylation sites is 1. The monoisotopic (exact) mass is 380 g/mol. The molecule has 1 aliphatic heterocycles. The summed E-state index contributed by atoms with van der Waals surface area (Å²) in [6, 6.07) is 13.8. The van der Waals surface area contributed by atoms with Crippen LogP contribution in [0.4, 0.5) is 0 Å². The highest BCUT2D eigenvalue weighted by molar-refractivity contribution is 5.77. The largest absolute Gasteiger partial charge is 0.497 e. The van der Waals surface area contributed by atoms with Gasteiger partial charge in [0, 0.05) is 18.9 Å². The highest BCUT2D eigenvalue weighted by Gasteiger charge is 2.37. The Labute approximate surface area is 164 Å². The number of benzene rings is 2. The zero-order valence-corrected chi connectivity index (χ0v) is 16.5. The number of nitrogens with one attached hydrogen (secondary N) is 2. The molecule has 28 heavy (non-hydrogen) atoms. The van der Waals surface area contributed by atoms with Crippen molar-refractivity contribution in [3.8, 4) is 11.5 Å². The number of quaternary nitrogens is 1. The van der Waals surface area contributed by atoms with Gasteiger partial charge >= 0.3 is 0 Å². The topological polar surface area (TPSA) is 68.7 Å². The van der Waals surface area contributed by atoms with Crippen LogP contribution in [0.2, 0.25) is 0 Å². The molecular formula is C22H26N3O3+. The van der Waals surface area contributed by atoms with Crippen LogP contribution >= 0.6 is 0 Å². The first kappa shape index (κ1) is 18.5. The number of ether oxygens (including phenoxy) is 2. The van der Waals surface area contributed by atoms with E-state index in [1.807, 2.05) is 36.4 Å². The maximum Gasteiger partial charge on any atom is 0.258 e. The highest BCUT2D eigenvalue weighted by atomic mass is 16.5. The number of rotatable bonds is 5. The third kappa shape index (κ3) is 3.24. The molecule has 1 aliphatic rings. The van der Waals surface area contributed by atoms with Crippen molar-refractivity contribution >= 4 is 10.9 Å². The summed E-state index contributed by atoms with van der Waals surface area (Å²) >= 11 is 0. The molecule has 4 rings (SSSR count). The molecular weight excluding hydrogens is 354 g/mol. The SMILES string of the molecule is COc1ccc([C@H]2CCC[NH+]2[C@@H](C)c2nc3ccccc3c(=O)[nH]2)c(OC)c1. The summed E-state index contributed by atoms with van der Waals surface area (Å²) in [6.45, 7) is 3.16. The molecule has 0 saturated carbocycles. The quantitative estimate of drug-likeness (QED) is 0.713. The number of methoxy groups -OCH3 is 2. The Morgan fingerprint density at radius 3 is 2.79 bits per heavy atom. The second-order valence-corrected chi connectivity index (χ2v) is 7.32. The van der Waals surface area contributed by atoms with E-state index in [1.165, 1.54) is 10.5 Å². The number of nitrogens with zero attached hydrogens (tertiary/aromatic N) is 1. The fourth-order valence-electron chi connectivity index (χ4n) is 4.33. The van der Waals surface area contributed by atoms with Crippen molar-refractivity contribution < 1.29 is 14.4 Å². The van der Waals surface area contributed by atoms with Gasteiger partial charge in [0.1, 0.15) is 23.6 Å². The number of likely N-dealkylation sites (tertiary alicyclic amines) is 1. The summed E-state index contributed by atoms with van der Waals surface area (Å²) in [4.78, 5) is 21.7. The number of fused-ring (bicyclic) bond motifs is 1. The minimum Gasteiger partial charge on any atom is -0.497 e. The van der Waals surface area contributed by atoms with E-state index in [0.717, 1.165) is 42.2 Å². The fourth-order valence-corrected chi connectivity index (χ4v) is 4.33. The van der Waals surface area contributed by atoms with Crippen molar-refractivity contribution in [3.63, 3.8) is 0 Å². The molecule has 3 atom stereocenters. The van der Waals surface area contributed by atoms with Crippen LogP contribution in [0.5, 0.6) is 11.5 Å². The Balaban J connectivity index is 1.70. The molecule has 1 fully saturated rings. The van der Waals surface area contributed by atoms with Crippen LogP contribution < -0.4 is 19.9 Å². The average molecular weight is 380 g/mol. The van der Waals surface area contributed by atoms with Crippen molar-refractivity contribution in [2.75, 3.05) is 20.8 Å². The van der Waals surface area contributed by atoms with Gasteiger partial charge < -0.3 is 19.4 Å². The van der Waals surface area contributed by atoms with E-state index < -0.39 is 0 Å². The van der Waals surface area contributed by atoms with Crippen LogP contribution in [-0.2, 0) is 0 Å². The number of aromatic amines is 1. The zero-order valence-electron chi connectivity index (χ0n) is 16.5. The van der Waals surface area contributed by atoms with Gasteiger partial charge in [-0.25, -0.2) is 4.98 Å². The number of hydrogen-bond acceptors (Lipinski definition) is 4. The van der Waals surface area contributed by atoms with E-state index in [9.17, 15) is 4.79 Å². The molecule has 0 radical (unpaired) electrons. The standard InChI is InChI=1S/C22H25N3O3/c1-14(21-23-18-8-5-4-7-16(18)22(26)24-21)25-12-6-9-19(25)17-11-10-15(27-2)13-20(17)28-3/h4-5,7-8,10-11,13-14,19H,6,9,12H2,1-3H3,(H,23,24,26)/p+1/t14-,19+/m0/s1. The Kier molecular flexibility index (Phi) is 5.05. The van der Waals surface area contributed by atoms with Gasteiger partial charge in [-0.3, -0.25) is 4.79 Å². The molecule has 0 bridgehead atoms. The molecule has 0 spiro atoms. The van der Waals surface area contributed by atoms with E-state index in [0.29, 0.717) is 5.39 Å². The Bertz CT molecular complexity index is 1050. The van der Waals surface area contributed by atoms with Gasteiger partial charge in [-0.1, -0.05) is 12.1 Å². The summed E-state index contributed by atoms with van der Waals surface area (Å²) in [5.74, 6) is 2.36. The molecule has 2 aromatic carbocycles. The maximum atomic E-state index is 12.5. The van der Waals surface area contributed by atoms with Gasteiger partial charge in [0.05, 0.1) is 37.2 Å². The van der Waals surface area contributed by atoms with Crippen LogP contribution in [0, 0.1) is 0 Å². The van der Waals surface area contributed by atoms with Gasteiger partial charge in [-0.05, 0) is 31.2 Å². The Morgan fingerprint density at radius 1 is 1.18 bits per heavy atom. The lowest BCUT2D eigenvalue weighted by Gasteiger charge is -2.28. The fraction of sp³-hybridized carbons (Fsp3) is 0.364. The second-order valence-electron chi connectivity index (χ2n) is 7.32. The molecule has 2 heterocycles. The van der Waals surface area contributed by atoms with Crippen LogP contribution in [0.1, 0.15) is 43.2 Å². The van der Waals surface area contributed by atoms with E-state index in [-0.39, 0.29) is 17.6 Å². The van der Waals surface area contributed by atoms with Crippen LogP contribution in [0.15, 0.2) is 47.3 Å². The summed E-state index contributed by atoms with van der Waals surface area (Å²) in [7, 11) is 3.35. The molecule has 3 aromatic rings. The lowest BCUT2D eigenvalue weighted by Crippen LogP contribution is -3.10. The van der Waals surface area contributed by atoms with Gasteiger partial charge in [0.2, 0.25) is 0 Å². The van der Waals surface area contributed by atoms with Crippen LogP contribution in [0.25, 0.3) is 10.9 Å². The zero-order chi connectivity index (χ0) is 19.7. The molecule has 0 amide bonds. The molecule has 6 nitrogen and oxygen atoms in total.